The molecule has 0 saturated heterocycles. The van der Waals surface area contributed by atoms with E-state index in [9.17, 15) is 13.2 Å². The van der Waals surface area contributed by atoms with Crippen LogP contribution in [0.4, 0.5) is 13.2 Å². The second-order valence-electron chi connectivity index (χ2n) is 5.54. The summed E-state index contributed by atoms with van der Waals surface area (Å²) in [6, 6.07) is -0.312. The Kier molecular flexibility index (Phi) is 2.31. The molecule has 0 amide bonds. The zero-order valence-corrected chi connectivity index (χ0v) is 10.1. The van der Waals surface area contributed by atoms with Crippen molar-refractivity contribution in [3.8, 4) is 0 Å². The van der Waals surface area contributed by atoms with Crippen LogP contribution in [0.5, 0.6) is 0 Å². The van der Waals surface area contributed by atoms with Crippen molar-refractivity contribution in [3.05, 3.63) is 23.3 Å². The van der Waals surface area contributed by atoms with Crippen LogP contribution in [-0.4, -0.2) is 23.5 Å². The summed E-state index contributed by atoms with van der Waals surface area (Å²) in [6.45, 7) is 2.12. The molecule has 98 valence electrons. The highest BCUT2D eigenvalue weighted by molar-refractivity contribution is 6.04. The van der Waals surface area contributed by atoms with Crippen LogP contribution < -0.4 is 5.73 Å². The first kappa shape index (κ1) is 12.0. The maximum absolute atomic E-state index is 12.7. The number of halogens is 3. The predicted molar refractivity (Wildman–Crippen MR) is 63.4 cm³/mol. The van der Waals surface area contributed by atoms with E-state index in [4.69, 9.17) is 5.73 Å². The topological polar surface area (TPSA) is 38.4 Å². The lowest BCUT2D eigenvalue weighted by molar-refractivity contribution is -0.0885. The van der Waals surface area contributed by atoms with Crippen molar-refractivity contribution >= 4 is 5.71 Å². The maximum Gasteiger partial charge on any atom is 0.416 e. The van der Waals surface area contributed by atoms with Crippen LogP contribution in [0.15, 0.2) is 28.3 Å². The van der Waals surface area contributed by atoms with E-state index < -0.39 is 11.7 Å². The lowest BCUT2D eigenvalue weighted by Crippen LogP contribution is -2.39. The third kappa shape index (κ3) is 1.72. The molecule has 18 heavy (non-hydrogen) atoms. The fraction of sp³-hybridized carbons (Fsp3) is 0.615. The van der Waals surface area contributed by atoms with Crippen LogP contribution in [-0.2, 0) is 0 Å². The quantitative estimate of drug-likeness (QED) is 0.711. The number of aliphatic imine (C=N–C) groups is 1. The molecule has 3 rings (SSSR count). The van der Waals surface area contributed by atoms with Gasteiger partial charge in [0.2, 0.25) is 0 Å². The van der Waals surface area contributed by atoms with Gasteiger partial charge in [-0.25, -0.2) is 0 Å². The molecule has 5 heteroatoms. The van der Waals surface area contributed by atoms with Crippen molar-refractivity contribution in [2.45, 2.75) is 43.9 Å². The summed E-state index contributed by atoms with van der Waals surface area (Å²) in [5, 5.41) is 0. The van der Waals surface area contributed by atoms with E-state index >= 15 is 0 Å². The molecule has 0 bridgehead atoms. The molecule has 2 aliphatic carbocycles. The molecule has 2 N–H and O–H groups in total. The summed E-state index contributed by atoms with van der Waals surface area (Å²) in [7, 11) is 0. The van der Waals surface area contributed by atoms with Crippen LogP contribution in [0.1, 0.15) is 26.2 Å². The fourth-order valence-corrected chi connectivity index (χ4v) is 2.98. The Morgan fingerprint density at radius 2 is 2.06 bits per heavy atom. The average Bonchev–Trinajstić information content (AvgIpc) is 2.85. The molecule has 2 unspecified atom stereocenters. The van der Waals surface area contributed by atoms with Crippen molar-refractivity contribution in [1.29, 1.82) is 0 Å². The van der Waals surface area contributed by atoms with Crippen LogP contribution in [0.3, 0.4) is 0 Å². The minimum atomic E-state index is -4.29. The van der Waals surface area contributed by atoms with Gasteiger partial charge in [0.25, 0.3) is 0 Å². The van der Waals surface area contributed by atoms with Crippen LogP contribution >= 0.6 is 0 Å². The number of fused-ring (bicyclic) bond motifs is 1. The molecule has 3 atom stereocenters. The third-order valence-corrected chi connectivity index (χ3v) is 4.23. The van der Waals surface area contributed by atoms with Gasteiger partial charge in [0.15, 0.2) is 0 Å². The van der Waals surface area contributed by atoms with Crippen molar-refractivity contribution in [2.75, 3.05) is 0 Å². The van der Waals surface area contributed by atoms with Crippen molar-refractivity contribution in [1.82, 2.24) is 0 Å². The molecular formula is C13H15F3N2. The molecule has 1 heterocycles. The van der Waals surface area contributed by atoms with Gasteiger partial charge in [0.05, 0.1) is 11.1 Å². The number of allylic oxidation sites excluding steroid dienone is 3. The average molecular weight is 256 g/mol. The number of nitrogens with two attached hydrogens (primary N) is 1. The minimum absolute atomic E-state index is 0.0737. The van der Waals surface area contributed by atoms with Crippen LogP contribution in [0, 0.1) is 5.92 Å². The Hall–Kier alpha value is -1.10. The van der Waals surface area contributed by atoms with E-state index in [0.29, 0.717) is 17.9 Å². The van der Waals surface area contributed by atoms with Gasteiger partial charge >= 0.3 is 6.18 Å². The first-order chi connectivity index (χ1) is 8.32. The maximum atomic E-state index is 12.7. The number of rotatable bonds is 0. The first-order valence-corrected chi connectivity index (χ1v) is 6.15. The largest absolute Gasteiger partial charge is 0.416 e. The van der Waals surface area contributed by atoms with E-state index in [1.54, 1.807) is 0 Å². The van der Waals surface area contributed by atoms with Gasteiger partial charge in [-0.05, 0) is 30.4 Å². The summed E-state index contributed by atoms with van der Waals surface area (Å²) in [6.07, 6.45) is 0.0269. The van der Waals surface area contributed by atoms with Crippen molar-refractivity contribution < 1.29 is 13.2 Å². The molecule has 0 aromatic heterocycles. The second-order valence-corrected chi connectivity index (χ2v) is 5.54. The van der Waals surface area contributed by atoms with E-state index in [0.717, 1.165) is 12.1 Å². The van der Waals surface area contributed by atoms with Gasteiger partial charge in [-0.1, -0.05) is 13.0 Å². The number of alkyl halides is 3. The number of nitrogens with zero attached hydrogens (tertiary/aromatic N) is 1. The van der Waals surface area contributed by atoms with Crippen molar-refractivity contribution in [2.24, 2.45) is 16.6 Å². The second kappa shape index (κ2) is 3.47. The monoisotopic (exact) mass is 256 g/mol. The molecular weight excluding hydrogens is 241 g/mol. The Labute approximate surface area is 103 Å². The Morgan fingerprint density at radius 3 is 2.61 bits per heavy atom. The highest BCUT2D eigenvalue weighted by Gasteiger charge is 2.54. The zero-order chi connectivity index (χ0) is 13.1. The minimum Gasteiger partial charge on any atom is -0.324 e. The van der Waals surface area contributed by atoms with Gasteiger partial charge in [0, 0.05) is 18.2 Å². The number of hydrogen-bond donors (Lipinski definition) is 1. The highest BCUT2D eigenvalue weighted by atomic mass is 19.4. The van der Waals surface area contributed by atoms with Gasteiger partial charge in [0.1, 0.15) is 0 Å². The van der Waals surface area contributed by atoms with E-state index in [-0.39, 0.29) is 18.0 Å². The van der Waals surface area contributed by atoms with E-state index in [2.05, 4.69) is 11.9 Å². The summed E-state index contributed by atoms with van der Waals surface area (Å²) < 4.78 is 38.0. The molecule has 1 saturated carbocycles. The SMILES string of the molecule is CC1CC12C[C@H](N)C1=CC(C(F)(F)F)=CCC1=N2. The standard InChI is InChI=1S/C13H15F3N2/c1-7-5-12(7)6-10(17)9-4-8(13(14,15)16)2-3-11(9)18-12/h2,4,7,10H,3,5-6,17H2,1H3/t7?,10-,12?/m0/s1. The molecule has 0 aromatic rings. The molecule has 1 fully saturated rings. The third-order valence-electron chi connectivity index (χ3n) is 4.23. The Bertz CT molecular complexity index is 487. The van der Waals surface area contributed by atoms with Crippen LogP contribution in [0.2, 0.25) is 0 Å². The molecule has 0 aromatic carbocycles. The summed E-state index contributed by atoms with van der Waals surface area (Å²) in [4.78, 5) is 4.65. The zero-order valence-electron chi connectivity index (χ0n) is 10.1. The molecule has 3 aliphatic rings. The number of hydrogen-bond acceptors (Lipinski definition) is 2. The molecule has 2 nitrogen and oxygen atoms in total. The van der Waals surface area contributed by atoms with E-state index in [1.165, 1.54) is 12.2 Å². The molecule has 0 radical (unpaired) electrons. The van der Waals surface area contributed by atoms with Gasteiger partial charge in [-0.3, -0.25) is 4.99 Å². The lowest BCUT2D eigenvalue weighted by Gasteiger charge is -2.31. The Balaban J connectivity index is 1.95. The molecule has 1 spiro atoms. The smallest absolute Gasteiger partial charge is 0.324 e. The summed E-state index contributed by atoms with van der Waals surface area (Å²) >= 11 is 0. The Morgan fingerprint density at radius 1 is 1.39 bits per heavy atom. The summed E-state index contributed by atoms with van der Waals surface area (Å²) in [5.74, 6) is 0.505. The fourth-order valence-electron chi connectivity index (χ4n) is 2.98. The van der Waals surface area contributed by atoms with Gasteiger partial charge < -0.3 is 5.73 Å². The lowest BCUT2D eigenvalue weighted by atomic mass is 9.84. The normalized spacial score (nSPS) is 38.8. The van der Waals surface area contributed by atoms with Crippen molar-refractivity contribution in [3.63, 3.8) is 0 Å². The van der Waals surface area contributed by atoms with Crippen LogP contribution in [0.25, 0.3) is 0 Å². The summed E-state index contributed by atoms with van der Waals surface area (Å²) in [5.41, 5.74) is 6.70. The van der Waals surface area contributed by atoms with Gasteiger partial charge in [-0.15, -0.1) is 0 Å². The predicted octanol–water partition coefficient (Wildman–Crippen LogP) is 2.76. The highest BCUT2D eigenvalue weighted by Crippen LogP contribution is 2.53. The first-order valence-electron chi connectivity index (χ1n) is 6.15. The van der Waals surface area contributed by atoms with E-state index in [1.807, 2.05) is 0 Å². The van der Waals surface area contributed by atoms with Gasteiger partial charge in [-0.2, -0.15) is 13.2 Å². The molecule has 1 aliphatic heterocycles.